The van der Waals surface area contributed by atoms with E-state index < -0.39 is 16.4 Å². The summed E-state index contributed by atoms with van der Waals surface area (Å²) in [6, 6.07) is 1.54. The lowest BCUT2D eigenvalue weighted by molar-refractivity contribution is -0.384. The van der Waals surface area contributed by atoms with E-state index in [2.05, 4.69) is 0 Å². The molecule has 0 saturated carbocycles. The van der Waals surface area contributed by atoms with Gasteiger partial charge in [0.15, 0.2) is 6.29 Å². The van der Waals surface area contributed by atoms with Crippen LogP contribution in [0.5, 0.6) is 0 Å². The highest BCUT2D eigenvalue weighted by molar-refractivity contribution is 6.32. The Morgan fingerprint density at radius 2 is 2.15 bits per heavy atom. The van der Waals surface area contributed by atoms with Crippen molar-refractivity contribution in [3.63, 3.8) is 0 Å². The van der Waals surface area contributed by atoms with Gasteiger partial charge in [0, 0.05) is 12.1 Å². The van der Waals surface area contributed by atoms with Crippen LogP contribution >= 0.6 is 11.6 Å². The van der Waals surface area contributed by atoms with Crippen molar-refractivity contribution in [3.05, 3.63) is 38.7 Å². The second-order valence-corrected chi connectivity index (χ2v) is 2.61. The number of nitro groups is 1. The van der Waals surface area contributed by atoms with Gasteiger partial charge in [-0.15, -0.1) is 0 Å². The van der Waals surface area contributed by atoms with Crippen molar-refractivity contribution >= 4 is 23.6 Å². The lowest BCUT2D eigenvalue weighted by atomic mass is 10.2. The summed E-state index contributed by atoms with van der Waals surface area (Å²) in [7, 11) is 0. The highest BCUT2D eigenvalue weighted by Gasteiger charge is 2.16. The van der Waals surface area contributed by atoms with Gasteiger partial charge in [0.1, 0.15) is 10.8 Å². The van der Waals surface area contributed by atoms with E-state index in [0.717, 1.165) is 12.1 Å². The number of rotatable bonds is 2. The molecule has 13 heavy (non-hydrogen) atoms. The summed E-state index contributed by atoms with van der Waals surface area (Å²) in [6.45, 7) is 0. The van der Waals surface area contributed by atoms with E-state index in [1.165, 1.54) is 0 Å². The normalized spacial score (nSPS) is 9.69. The highest BCUT2D eigenvalue weighted by atomic mass is 35.5. The average molecular weight is 204 g/mol. The number of nitro benzene ring substituents is 1. The maximum absolute atomic E-state index is 12.8. The first-order chi connectivity index (χ1) is 6.06. The fourth-order valence-corrected chi connectivity index (χ4v) is 1.00. The van der Waals surface area contributed by atoms with Gasteiger partial charge in [0.2, 0.25) is 0 Å². The minimum atomic E-state index is -0.870. The first-order valence-corrected chi connectivity index (χ1v) is 3.52. The fraction of sp³-hybridized carbons (Fsp3) is 0. The zero-order chi connectivity index (χ0) is 10.0. The molecule has 1 aromatic rings. The number of benzene rings is 1. The molecular formula is C7H3ClFNO3. The molecule has 4 nitrogen and oxygen atoms in total. The average Bonchev–Trinajstić information content (AvgIpc) is 2.03. The number of carbonyl (C=O) groups is 1. The molecule has 6 heteroatoms. The van der Waals surface area contributed by atoms with E-state index in [1.54, 1.807) is 0 Å². The predicted octanol–water partition coefficient (Wildman–Crippen LogP) is 2.20. The summed E-state index contributed by atoms with van der Waals surface area (Å²) in [6.07, 6.45) is 0.193. The predicted molar refractivity (Wildman–Crippen MR) is 43.5 cm³/mol. The molecule has 1 rings (SSSR count). The summed E-state index contributed by atoms with van der Waals surface area (Å²) in [4.78, 5) is 19.7. The third kappa shape index (κ3) is 1.81. The van der Waals surface area contributed by atoms with Gasteiger partial charge in [-0.1, -0.05) is 11.6 Å². The minimum Gasteiger partial charge on any atom is -0.298 e. The van der Waals surface area contributed by atoms with Crippen LogP contribution in [0.15, 0.2) is 12.1 Å². The molecule has 0 atom stereocenters. The topological polar surface area (TPSA) is 60.2 Å². The Kier molecular flexibility index (Phi) is 2.57. The Balaban J connectivity index is 3.38. The molecule has 0 fully saturated rings. The molecule has 0 amide bonds. The van der Waals surface area contributed by atoms with Crippen molar-refractivity contribution in [1.29, 1.82) is 0 Å². The second-order valence-electron chi connectivity index (χ2n) is 2.20. The second kappa shape index (κ2) is 3.49. The number of hydrogen-bond acceptors (Lipinski definition) is 3. The molecule has 0 aliphatic rings. The molecule has 0 aliphatic carbocycles. The smallest absolute Gasteiger partial charge is 0.288 e. The summed E-state index contributed by atoms with van der Waals surface area (Å²) < 4.78 is 12.8. The van der Waals surface area contributed by atoms with Gasteiger partial charge in [-0.05, 0) is 0 Å². The van der Waals surface area contributed by atoms with Gasteiger partial charge in [-0.3, -0.25) is 14.9 Å². The Hall–Kier alpha value is -1.49. The van der Waals surface area contributed by atoms with Crippen molar-refractivity contribution in [1.82, 2.24) is 0 Å². The number of aldehydes is 1. The molecule has 0 aromatic heterocycles. The van der Waals surface area contributed by atoms with E-state index >= 15 is 0 Å². The number of nitrogens with zero attached hydrogens (tertiary/aromatic N) is 1. The molecule has 0 unspecified atom stereocenters. The van der Waals surface area contributed by atoms with Crippen LogP contribution in [0.1, 0.15) is 10.4 Å². The zero-order valence-corrected chi connectivity index (χ0v) is 6.92. The third-order valence-electron chi connectivity index (χ3n) is 1.39. The van der Waals surface area contributed by atoms with Crippen molar-refractivity contribution < 1.29 is 14.1 Å². The summed E-state index contributed by atoms with van der Waals surface area (Å²) >= 11 is 5.36. The minimum absolute atomic E-state index is 0.193. The summed E-state index contributed by atoms with van der Waals surface area (Å²) in [5, 5.41) is 9.96. The zero-order valence-electron chi connectivity index (χ0n) is 6.16. The van der Waals surface area contributed by atoms with Crippen LogP contribution < -0.4 is 0 Å². The summed E-state index contributed by atoms with van der Waals surface area (Å²) in [5.74, 6) is -0.870. The third-order valence-corrected chi connectivity index (χ3v) is 1.69. The highest BCUT2D eigenvalue weighted by Crippen LogP contribution is 2.26. The van der Waals surface area contributed by atoms with Gasteiger partial charge in [-0.2, -0.15) is 0 Å². The van der Waals surface area contributed by atoms with Crippen LogP contribution in [-0.4, -0.2) is 11.2 Å². The van der Waals surface area contributed by atoms with Crippen molar-refractivity contribution in [2.75, 3.05) is 0 Å². The van der Waals surface area contributed by atoms with E-state index in [9.17, 15) is 19.3 Å². The Bertz CT molecular complexity index is 380. The van der Waals surface area contributed by atoms with E-state index in [4.69, 9.17) is 11.6 Å². The van der Waals surface area contributed by atoms with E-state index in [1.807, 2.05) is 0 Å². The van der Waals surface area contributed by atoms with Gasteiger partial charge in [0.25, 0.3) is 5.69 Å². The van der Waals surface area contributed by atoms with Crippen molar-refractivity contribution in [2.24, 2.45) is 0 Å². The SMILES string of the molecule is O=Cc1cc([N+](=O)[O-])c(Cl)cc1F. The first-order valence-electron chi connectivity index (χ1n) is 3.15. The number of halogens is 2. The van der Waals surface area contributed by atoms with Crippen molar-refractivity contribution in [3.8, 4) is 0 Å². The van der Waals surface area contributed by atoms with Crippen LogP contribution in [-0.2, 0) is 0 Å². The summed E-state index contributed by atoms with van der Waals surface area (Å²) in [5.41, 5.74) is -0.860. The number of carbonyl (C=O) groups excluding carboxylic acids is 1. The number of hydrogen-bond donors (Lipinski definition) is 0. The van der Waals surface area contributed by atoms with Crippen LogP contribution in [0.3, 0.4) is 0 Å². The van der Waals surface area contributed by atoms with Crippen LogP contribution in [0.4, 0.5) is 10.1 Å². The molecule has 0 saturated heterocycles. The molecule has 0 aliphatic heterocycles. The van der Waals surface area contributed by atoms with Gasteiger partial charge < -0.3 is 0 Å². The van der Waals surface area contributed by atoms with Crippen LogP contribution in [0.25, 0.3) is 0 Å². The Morgan fingerprint density at radius 3 is 2.62 bits per heavy atom. The lowest BCUT2D eigenvalue weighted by Gasteiger charge is -1.97. The van der Waals surface area contributed by atoms with Crippen LogP contribution in [0.2, 0.25) is 5.02 Å². The maximum Gasteiger partial charge on any atom is 0.288 e. The quantitative estimate of drug-likeness (QED) is 0.421. The first kappa shape index (κ1) is 9.60. The van der Waals surface area contributed by atoms with E-state index in [0.29, 0.717) is 0 Å². The molecule has 0 N–H and O–H groups in total. The Labute approximate surface area is 77.1 Å². The molecule has 0 heterocycles. The molecule has 0 bridgehead atoms. The Morgan fingerprint density at radius 1 is 1.54 bits per heavy atom. The lowest BCUT2D eigenvalue weighted by Crippen LogP contribution is -1.94. The van der Waals surface area contributed by atoms with Gasteiger partial charge >= 0.3 is 0 Å². The van der Waals surface area contributed by atoms with Crippen molar-refractivity contribution in [2.45, 2.75) is 0 Å². The van der Waals surface area contributed by atoms with E-state index in [-0.39, 0.29) is 16.9 Å². The van der Waals surface area contributed by atoms with Gasteiger partial charge in [0.05, 0.1) is 10.5 Å². The fourth-order valence-electron chi connectivity index (χ4n) is 0.784. The standard InChI is InChI=1S/C7H3ClFNO3/c8-5-2-6(9)4(3-11)1-7(5)10(12)13/h1-3H. The largest absolute Gasteiger partial charge is 0.298 e. The molecule has 1 aromatic carbocycles. The monoisotopic (exact) mass is 203 g/mol. The van der Waals surface area contributed by atoms with Gasteiger partial charge in [-0.25, -0.2) is 4.39 Å². The molecule has 0 radical (unpaired) electrons. The maximum atomic E-state index is 12.8. The molecular weight excluding hydrogens is 201 g/mol. The van der Waals surface area contributed by atoms with Crippen LogP contribution in [0, 0.1) is 15.9 Å². The molecule has 68 valence electrons. The molecule has 0 spiro atoms.